The van der Waals surface area contributed by atoms with E-state index in [4.69, 9.17) is 4.74 Å². The number of ether oxygens (including phenoxy) is 1. The standard InChI is InChI=1S/C7H10N2O2/c1-5-6(4-11-2)9-7(3-10)8-5/h3H,4H2,1-2H3,(H,8,9). The van der Waals surface area contributed by atoms with Crippen molar-refractivity contribution in [2.24, 2.45) is 0 Å². The fraction of sp³-hybridized carbons (Fsp3) is 0.429. The first-order valence-corrected chi connectivity index (χ1v) is 3.27. The monoisotopic (exact) mass is 154 g/mol. The molecule has 1 N–H and O–H groups in total. The number of hydrogen-bond acceptors (Lipinski definition) is 3. The number of H-pyrrole nitrogens is 1. The third-order valence-electron chi connectivity index (χ3n) is 1.40. The predicted octanol–water partition coefficient (Wildman–Crippen LogP) is 0.677. The number of rotatable bonds is 3. The quantitative estimate of drug-likeness (QED) is 0.651. The number of aromatic amines is 1. The van der Waals surface area contributed by atoms with Gasteiger partial charge in [0.05, 0.1) is 12.3 Å². The van der Waals surface area contributed by atoms with E-state index >= 15 is 0 Å². The van der Waals surface area contributed by atoms with Crippen molar-refractivity contribution in [3.63, 3.8) is 0 Å². The maximum absolute atomic E-state index is 10.2. The summed E-state index contributed by atoms with van der Waals surface area (Å²) >= 11 is 0. The summed E-state index contributed by atoms with van der Waals surface area (Å²) in [7, 11) is 1.59. The van der Waals surface area contributed by atoms with E-state index in [2.05, 4.69) is 9.97 Å². The molecule has 11 heavy (non-hydrogen) atoms. The Morgan fingerprint density at radius 3 is 2.91 bits per heavy atom. The lowest BCUT2D eigenvalue weighted by Crippen LogP contribution is -1.90. The van der Waals surface area contributed by atoms with E-state index in [1.54, 1.807) is 7.11 Å². The number of aromatic nitrogens is 2. The molecule has 0 saturated heterocycles. The van der Waals surface area contributed by atoms with Crippen molar-refractivity contribution in [1.82, 2.24) is 9.97 Å². The SMILES string of the molecule is COCc1nc(C=O)[nH]c1C. The second kappa shape index (κ2) is 3.30. The summed E-state index contributed by atoms with van der Waals surface area (Å²) in [5.74, 6) is 0.356. The molecule has 0 unspecified atom stereocenters. The van der Waals surface area contributed by atoms with Crippen molar-refractivity contribution in [2.75, 3.05) is 7.11 Å². The van der Waals surface area contributed by atoms with E-state index in [-0.39, 0.29) is 0 Å². The lowest BCUT2D eigenvalue weighted by molar-refractivity contribution is 0.111. The van der Waals surface area contributed by atoms with Gasteiger partial charge in [-0.3, -0.25) is 4.79 Å². The molecule has 0 fully saturated rings. The molecule has 0 radical (unpaired) electrons. The molecule has 0 aromatic carbocycles. The van der Waals surface area contributed by atoms with E-state index in [0.29, 0.717) is 18.7 Å². The largest absolute Gasteiger partial charge is 0.378 e. The zero-order valence-corrected chi connectivity index (χ0v) is 6.55. The number of hydrogen-bond donors (Lipinski definition) is 1. The van der Waals surface area contributed by atoms with Crippen molar-refractivity contribution < 1.29 is 9.53 Å². The molecule has 4 heteroatoms. The van der Waals surface area contributed by atoms with Gasteiger partial charge in [-0.1, -0.05) is 0 Å². The third-order valence-corrected chi connectivity index (χ3v) is 1.40. The maximum Gasteiger partial charge on any atom is 0.185 e. The minimum Gasteiger partial charge on any atom is -0.378 e. The normalized spacial score (nSPS) is 10.0. The van der Waals surface area contributed by atoms with Crippen LogP contribution >= 0.6 is 0 Å². The van der Waals surface area contributed by atoms with Gasteiger partial charge in [0.1, 0.15) is 0 Å². The Balaban J connectivity index is 2.87. The summed E-state index contributed by atoms with van der Waals surface area (Å²) in [6.07, 6.45) is 0.687. The number of methoxy groups -OCH3 is 1. The third kappa shape index (κ3) is 1.65. The molecule has 0 saturated carbocycles. The fourth-order valence-electron chi connectivity index (χ4n) is 0.855. The van der Waals surface area contributed by atoms with Crippen LogP contribution in [0.2, 0.25) is 0 Å². The molecular formula is C7H10N2O2. The molecule has 60 valence electrons. The van der Waals surface area contributed by atoms with Gasteiger partial charge < -0.3 is 9.72 Å². The molecule has 0 amide bonds. The summed E-state index contributed by atoms with van der Waals surface area (Å²) in [6.45, 7) is 2.30. The average molecular weight is 154 g/mol. The summed E-state index contributed by atoms with van der Waals surface area (Å²) in [5.41, 5.74) is 1.67. The number of nitrogens with one attached hydrogen (secondary N) is 1. The molecule has 0 aliphatic rings. The Hall–Kier alpha value is -1.16. The Labute approximate surface area is 64.6 Å². The van der Waals surface area contributed by atoms with Crippen molar-refractivity contribution >= 4 is 6.29 Å². The van der Waals surface area contributed by atoms with Crippen molar-refractivity contribution in [2.45, 2.75) is 13.5 Å². The first-order valence-electron chi connectivity index (χ1n) is 3.27. The Morgan fingerprint density at radius 2 is 2.45 bits per heavy atom. The summed E-state index contributed by atoms with van der Waals surface area (Å²) in [4.78, 5) is 17.0. The number of imidazole rings is 1. The lowest BCUT2D eigenvalue weighted by atomic mass is 10.4. The van der Waals surface area contributed by atoms with Crippen LogP contribution in [0.4, 0.5) is 0 Å². The lowest BCUT2D eigenvalue weighted by Gasteiger charge is -1.92. The molecule has 0 bridgehead atoms. The highest BCUT2D eigenvalue weighted by molar-refractivity contribution is 5.69. The smallest absolute Gasteiger partial charge is 0.185 e. The molecule has 1 aromatic heterocycles. The van der Waals surface area contributed by atoms with Gasteiger partial charge in [-0.2, -0.15) is 0 Å². The van der Waals surface area contributed by atoms with Crippen LogP contribution in [0.25, 0.3) is 0 Å². The first kappa shape index (κ1) is 7.94. The predicted molar refractivity (Wildman–Crippen MR) is 39.4 cm³/mol. The summed E-state index contributed by atoms with van der Waals surface area (Å²) < 4.78 is 4.87. The van der Waals surface area contributed by atoms with E-state index < -0.39 is 0 Å². The Morgan fingerprint density at radius 1 is 1.73 bits per heavy atom. The molecule has 1 aromatic rings. The highest BCUT2D eigenvalue weighted by atomic mass is 16.5. The molecule has 0 aliphatic carbocycles. The highest BCUT2D eigenvalue weighted by Crippen LogP contribution is 2.03. The number of nitrogens with zero attached hydrogens (tertiary/aromatic N) is 1. The summed E-state index contributed by atoms with van der Waals surface area (Å²) in [5, 5.41) is 0. The average Bonchev–Trinajstić information content (AvgIpc) is 2.33. The van der Waals surface area contributed by atoms with Gasteiger partial charge in [0.2, 0.25) is 0 Å². The topological polar surface area (TPSA) is 55.0 Å². The number of carbonyl (C=O) groups is 1. The van der Waals surface area contributed by atoms with Crippen molar-refractivity contribution in [3.8, 4) is 0 Å². The van der Waals surface area contributed by atoms with E-state index in [1.807, 2.05) is 6.92 Å². The van der Waals surface area contributed by atoms with Gasteiger partial charge in [0.15, 0.2) is 12.1 Å². The minimum atomic E-state index is 0.356. The second-order valence-corrected chi connectivity index (χ2v) is 2.24. The van der Waals surface area contributed by atoms with Crippen molar-refractivity contribution in [1.29, 1.82) is 0 Å². The zero-order chi connectivity index (χ0) is 8.27. The van der Waals surface area contributed by atoms with Gasteiger partial charge in [-0.05, 0) is 6.92 Å². The fourth-order valence-corrected chi connectivity index (χ4v) is 0.855. The number of carbonyl (C=O) groups excluding carboxylic acids is 1. The van der Waals surface area contributed by atoms with Crippen LogP contribution in [-0.2, 0) is 11.3 Å². The van der Waals surface area contributed by atoms with Crippen LogP contribution in [0.3, 0.4) is 0 Å². The minimum absolute atomic E-state index is 0.356. The van der Waals surface area contributed by atoms with Crippen LogP contribution < -0.4 is 0 Å². The molecule has 0 atom stereocenters. The molecule has 1 rings (SSSR count). The van der Waals surface area contributed by atoms with Crippen LogP contribution in [-0.4, -0.2) is 23.4 Å². The van der Waals surface area contributed by atoms with Crippen LogP contribution in [0, 0.1) is 6.92 Å². The first-order chi connectivity index (χ1) is 5.27. The van der Waals surface area contributed by atoms with Crippen molar-refractivity contribution in [3.05, 3.63) is 17.2 Å². The maximum atomic E-state index is 10.2. The van der Waals surface area contributed by atoms with E-state index in [9.17, 15) is 4.79 Å². The Bertz CT molecular complexity index is 255. The van der Waals surface area contributed by atoms with Crippen LogP contribution in [0.1, 0.15) is 22.0 Å². The van der Waals surface area contributed by atoms with Gasteiger partial charge >= 0.3 is 0 Å². The van der Waals surface area contributed by atoms with Crippen LogP contribution in [0.5, 0.6) is 0 Å². The summed E-state index contributed by atoms with van der Waals surface area (Å²) in [6, 6.07) is 0. The second-order valence-electron chi connectivity index (χ2n) is 2.24. The van der Waals surface area contributed by atoms with Gasteiger partial charge in [-0.25, -0.2) is 4.98 Å². The van der Waals surface area contributed by atoms with Crippen LogP contribution in [0.15, 0.2) is 0 Å². The van der Waals surface area contributed by atoms with Gasteiger partial charge in [-0.15, -0.1) is 0 Å². The zero-order valence-electron chi connectivity index (χ0n) is 6.55. The number of aldehydes is 1. The molecule has 1 heterocycles. The van der Waals surface area contributed by atoms with E-state index in [0.717, 1.165) is 11.4 Å². The van der Waals surface area contributed by atoms with Gasteiger partial charge in [0.25, 0.3) is 0 Å². The molecular weight excluding hydrogens is 144 g/mol. The van der Waals surface area contributed by atoms with Gasteiger partial charge in [0, 0.05) is 12.8 Å². The number of aryl methyl sites for hydroxylation is 1. The highest BCUT2D eigenvalue weighted by Gasteiger charge is 2.03. The molecule has 4 nitrogen and oxygen atoms in total. The Kier molecular flexibility index (Phi) is 2.38. The molecule has 0 spiro atoms. The van der Waals surface area contributed by atoms with E-state index in [1.165, 1.54) is 0 Å². The molecule has 0 aliphatic heterocycles.